The van der Waals surface area contributed by atoms with Crippen molar-refractivity contribution in [3.63, 3.8) is 0 Å². The number of rotatable bonds is 27. The van der Waals surface area contributed by atoms with Gasteiger partial charge >= 0.3 is 86.5 Å². The van der Waals surface area contributed by atoms with Gasteiger partial charge in [0.2, 0.25) is 0 Å². The summed E-state index contributed by atoms with van der Waals surface area (Å²) in [6.45, 7) is 38.1. The maximum absolute atomic E-state index is 12.1. The minimum atomic E-state index is -5.20. The Kier molecular flexibility index (Phi) is 71.9. The van der Waals surface area contributed by atoms with Gasteiger partial charge in [-0.1, -0.05) is 269 Å². The Morgan fingerprint density at radius 2 is 0.630 bits per heavy atom. The Hall–Kier alpha value is -2.94. The Morgan fingerprint density at radius 1 is 0.277 bits per heavy atom. The van der Waals surface area contributed by atoms with Crippen LogP contribution in [0, 0.1) is 81.3 Å². The maximum atomic E-state index is 12.1. The number of hydrogen-bond donors (Lipinski definition) is 0. The molecule has 119 heavy (non-hydrogen) atoms. The third-order valence-electron chi connectivity index (χ3n) is 18.4. The molecule has 0 radical (unpaired) electrons. The predicted molar refractivity (Wildman–Crippen MR) is 383 cm³/mol. The van der Waals surface area contributed by atoms with Gasteiger partial charge in [-0.2, -0.15) is 184 Å². The molecule has 0 aliphatic heterocycles. The normalized spacial score (nSPS) is 14.6. The van der Waals surface area contributed by atoms with Gasteiger partial charge in [0.25, 0.3) is 0 Å². The van der Waals surface area contributed by atoms with E-state index in [0.29, 0.717) is 57.8 Å². The van der Waals surface area contributed by atoms with Crippen LogP contribution in [-0.4, -0.2) is 86.5 Å². The van der Waals surface area contributed by atoms with Crippen LogP contribution in [0.2, 0.25) is 0 Å². The second kappa shape index (κ2) is 61.5. The van der Waals surface area contributed by atoms with Crippen molar-refractivity contribution in [3.05, 3.63) is 0 Å². The van der Waals surface area contributed by atoms with Crippen molar-refractivity contribution in [2.24, 2.45) is 81.3 Å². The van der Waals surface area contributed by atoms with Gasteiger partial charge in [0.15, 0.2) is 17.8 Å². The van der Waals surface area contributed by atoms with Gasteiger partial charge < -0.3 is 0 Å². The first-order valence-electron chi connectivity index (χ1n) is 38.9. The summed E-state index contributed by atoms with van der Waals surface area (Å²) in [5.41, 5.74) is -3.67. The van der Waals surface area contributed by atoms with Gasteiger partial charge in [0, 0.05) is 25.7 Å². The van der Waals surface area contributed by atoms with E-state index in [0.717, 1.165) is 32.6 Å². The molecule has 1 unspecified atom stereocenters. The zero-order chi connectivity index (χ0) is 98.8. The van der Waals surface area contributed by atoms with Crippen LogP contribution in [0.25, 0.3) is 0 Å². The lowest BCUT2D eigenvalue weighted by atomic mass is 9.81. The molecular weight excluding hydrogens is 1720 g/mol. The van der Waals surface area contributed by atoms with E-state index in [2.05, 4.69) is 0 Å². The van der Waals surface area contributed by atoms with E-state index in [4.69, 9.17) is 0 Å². The third-order valence-corrected chi connectivity index (χ3v) is 18.4. The van der Waals surface area contributed by atoms with Crippen molar-refractivity contribution in [2.75, 3.05) is 0 Å². The molecule has 42 heteroatoms. The number of alkyl halides is 42. The molecule has 0 saturated carbocycles. The summed E-state index contributed by atoms with van der Waals surface area (Å²) in [5, 5.41) is 0. The molecule has 0 aromatic heterocycles. The van der Waals surface area contributed by atoms with Crippen molar-refractivity contribution in [3.8, 4) is 0 Å². The highest BCUT2D eigenvalue weighted by Gasteiger charge is 2.60. The third kappa shape index (κ3) is 86.9. The Labute approximate surface area is 677 Å². The maximum Gasteiger partial charge on any atom is 0.400 e. The van der Waals surface area contributed by atoms with E-state index in [1.807, 2.05) is 20.8 Å². The highest BCUT2D eigenvalue weighted by molar-refractivity contribution is 4.82. The quantitative estimate of drug-likeness (QED) is 0.0568. The molecular formula is C77H134F42. The lowest BCUT2D eigenvalue weighted by molar-refractivity contribution is -0.297. The first-order valence-corrected chi connectivity index (χ1v) is 38.9. The molecule has 0 aromatic rings. The monoisotopic (exact) mass is 1860 g/mol. The predicted octanol–water partition coefficient (Wildman–Crippen LogP) is 38.3. The smallest absolute Gasteiger partial charge is 0.171 e. The summed E-state index contributed by atoms with van der Waals surface area (Å²) in [7, 11) is 0. The molecule has 0 aliphatic carbocycles. The standard InChI is InChI=1S/3C7H10F6.8C7H13F3/c1-4(2)3-5(6(8,9)10)7(11,12)13;1-3-4(2)5(6(8,9)10)7(11,12)13;1-2-3-4-5(6(8,9)10)7(11,12)13;1-5(2)6(3,4)7(8,9)10;1-4-6(2,3)5-7(8,9)10;1-4-5-6(2,3)7(8,9)10;1-4-5(2)6(3)7(8,9)10;1-3-4-6(2)5-7(8,9)10;1-3-4-5-6(2)7(8,9)10;1-3-6(4-2)5-7(8,9)10;1-2-3-4-5-6-7(8,9)10/h2*4-5H,3H2,1-2H3;5H,2-4H2,1H3;5H,1-4H3;2*4-5H2,1-3H3;5-6H,4H2,1-3H3;3*6H,3-5H2,1-2H3;2-6H2,1H3/t;4-;;;;;5?,6-;2*6-;;/m.0....100../s1. The van der Waals surface area contributed by atoms with Crippen molar-refractivity contribution in [1.82, 2.24) is 0 Å². The molecule has 0 amide bonds. The van der Waals surface area contributed by atoms with Crippen LogP contribution >= 0.6 is 0 Å². The highest BCUT2D eigenvalue weighted by Crippen LogP contribution is 2.48. The molecule has 0 heterocycles. The molecule has 0 N–H and O–H groups in total. The topological polar surface area (TPSA) is 0 Å². The molecule has 0 aromatic carbocycles. The summed E-state index contributed by atoms with van der Waals surface area (Å²) in [6, 6.07) is 0. The largest absolute Gasteiger partial charge is 0.400 e. The van der Waals surface area contributed by atoms with Crippen LogP contribution < -0.4 is 0 Å². The molecule has 5 atom stereocenters. The average molecular weight is 1860 g/mol. The number of halogens is 42. The van der Waals surface area contributed by atoms with Crippen LogP contribution in [0.15, 0.2) is 0 Å². The zero-order valence-electron chi connectivity index (χ0n) is 72.7. The molecule has 0 aliphatic rings. The van der Waals surface area contributed by atoms with Crippen molar-refractivity contribution in [2.45, 2.75) is 414 Å². The second-order valence-corrected chi connectivity index (χ2v) is 31.7. The van der Waals surface area contributed by atoms with Crippen LogP contribution in [0.4, 0.5) is 184 Å². The highest BCUT2D eigenvalue weighted by atomic mass is 19.5. The zero-order valence-corrected chi connectivity index (χ0v) is 72.7. The molecule has 0 spiro atoms. The van der Waals surface area contributed by atoms with Crippen LogP contribution in [-0.2, 0) is 0 Å². The molecule has 0 rings (SSSR count). The lowest BCUT2D eigenvalue weighted by Gasteiger charge is -2.31. The minimum absolute atomic E-state index is 0.0658. The van der Waals surface area contributed by atoms with E-state index in [1.54, 1.807) is 83.1 Å². The van der Waals surface area contributed by atoms with Crippen molar-refractivity contribution < 1.29 is 184 Å². The van der Waals surface area contributed by atoms with Gasteiger partial charge in [-0.3, -0.25) is 0 Å². The van der Waals surface area contributed by atoms with E-state index >= 15 is 0 Å². The average Bonchev–Trinajstić information content (AvgIpc) is 0.835. The first-order chi connectivity index (χ1) is 52.0. The molecule has 0 fully saturated rings. The van der Waals surface area contributed by atoms with E-state index in [9.17, 15) is 184 Å². The summed E-state index contributed by atoms with van der Waals surface area (Å²) < 4.78 is 497. The number of hydrogen-bond acceptors (Lipinski definition) is 0. The van der Waals surface area contributed by atoms with Gasteiger partial charge in [0.05, 0.1) is 22.7 Å². The summed E-state index contributed by atoms with van der Waals surface area (Å²) in [5.74, 6) is -15.0. The van der Waals surface area contributed by atoms with Crippen LogP contribution in [0.1, 0.15) is 327 Å². The van der Waals surface area contributed by atoms with Gasteiger partial charge in [-0.15, -0.1) is 0 Å². The Bertz CT molecular complexity index is 2240. The fourth-order valence-electron chi connectivity index (χ4n) is 8.67. The molecule has 736 valence electrons. The first kappa shape index (κ1) is 139. The fourth-order valence-corrected chi connectivity index (χ4v) is 8.67. The van der Waals surface area contributed by atoms with Gasteiger partial charge in [-0.25, -0.2) is 0 Å². The Balaban J connectivity index is -0.000000120. The van der Waals surface area contributed by atoms with Crippen molar-refractivity contribution >= 4 is 0 Å². The second-order valence-electron chi connectivity index (χ2n) is 31.7. The summed E-state index contributed by atoms with van der Waals surface area (Å²) in [4.78, 5) is 0. The van der Waals surface area contributed by atoms with Crippen molar-refractivity contribution in [1.29, 1.82) is 0 Å². The fraction of sp³-hybridized carbons (Fsp3) is 1.00. The lowest BCUT2D eigenvalue weighted by Crippen LogP contribution is -2.40. The summed E-state index contributed by atoms with van der Waals surface area (Å²) >= 11 is 0. The molecule has 0 saturated heterocycles. The van der Waals surface area contributed by atoms with Gasteiger partial charge in [0.1, 0.15) is 0 Å². The van der Waals surface area contributed by atoms with E-state index in [-0.39, 0.29) is 55.8 Å². The van der Waals surface area contributed by atoms with Crippen LogP contribution in [0.5, 0.6) is 0 Å². The SMILES string of the molecule is CC(C)C(C)(C)C(F)(F)F.CC(C)CC(C(F)(F)F)C(F)(F)F.CCC(C)(C)CC(F)(F)F.CCC(C)[C@@H](C)C(F)(F)F.CCC(CC)CC(F)(F)F.CCCC(C)(C)C(F)(F)F.CCCCC(C(F)(F)F)C(F)(F)F.CCCCCCC(F)(F)F.CCCC[C@H](C)C(F)(F)F.CCC[C@H](C)CC(F)(F)F.CC[C@H](C)C(C(F)(F)F)C(F)(F)F. The Morgan fingerprint density at radius 3 is 0.790 bits per heavy atom. The van der Waals surface area contributed by atoms with Crippen LogP contribution in [0.3, 0.4) is 0 Å². The van der Waals surface area contributed by atoms with E-state index < -0.39 is 183 Å². The molecule has 0 bridgehead atoms. The van der Waals surface area contributed by atoms with E-state index in [1.165, 1.54) is 62.3 Å². The summed E-state index contributed by atoms with van der Waals surface area (Å²) in [6.07, 6.45) is -58.1. The molecule has 0 nitrogen and oxygen atoms in total. The van der Waals surface area contributed by atoms with Gasteiger partial charge in [-0.05, 0) is 73.0 Å². The minimum Gasteiger partial charge on any atom is -0.171 e. The number of unbranched alkanes of at least 4 members (excludes halogenated alkanes) is 5.